The first-order valence-corrected chi connectivity index (χ1v) is 9.11. The summed E-state index contributed by atoms with van der Waals surface area (Å²) in [6.07, 6.45) is 5.84. The van der Waals surface area contributed by atoms with Crippen LogP contribution in [0.1, 0.15) is 31.6 Å². The number of benzene rings is 1. The minimum atomic E-state index is -3.83. The molecule has 1 aromatic heterocycles. The van der Waals surface area contributed by atoms with Gasteiger partial charge in [0.2, 0.25) is 0 Å². The molecule has 0 bridgehead atoms. The third kappa shape index (κ3) is 5.41. The van der Waals surface area contributed by atoms with E-state index < -0.39 is 10.0 Å². The summed E-state index contributed by atoms with van der Waals surface area (Å²) in [7, 11) is -3.83. The fourth-order valence-electron chi connectivity index (χ4n) is 1.89. The van der Waals surface area contributed by atoms with E-state index >= 15 is 0 Å². The van der Waals surface area contributed by atoms with E-state index in [2.05, 4.69) is 26.1 Å². The maximum absolute atomic E-state index is 11.2. The number of aromatic nitrogens is 3. The normalized spacial score (nSPS) is 14.0. The van der Waals surface area contributed by atoms with E-state index in [1.165, 1.54) is 6.07 Å². The second-order valence-electron chi connectivity index (χ2n) is 4.88. The molecule has 24 heavy (non-hydrogen) atoms. The van der Waals surface area contributed by atoms with Crippen LogP contribution in [0.4, 0.5) is 0 Å². The van der Waals surface area contributed by atoms with Gasteiger partial charge in [-0.2, -0.15) is 0 Å². The van der Waals surface area contributed by atoms with Crippen molar-refractivity contribution in [3.05, 3.63) is 56.3 Å². The molecule has 1 aromatic carbocycles. The van der Waals surface area contributed by atoms with Crippen molar-refractivity contribution in [1.82, 2.24) is 14.8 Å². The van der Waals surface area contributed by atoms with Crippen LogP contribution in [0.25, 0.3) is 11.2 Å². The number of sulfonamides is 1. The summed E-state index contributed by atoms with van der Waals surface area (Å²) in [5.74, 6) is 0.685. The predicted octanol–water partition coefficient (Wildman–Crippen LogP) is 2.76. The molecule has 10 heteroatoms. The van der Waals surface area contributed by atoms with E-state index in [1.807, 2.05) is 19.1 Å². The van der Waals surface area contributed by atoms with Crippen LogP contribution < -0.4 is 10.8 Å². The molecule has 0 spiro atoms. The van der Waals surface area contributed by atoms with Gasteiger partial charge in [-0.25, -0.2) is 8.42 Å². The second-order valence-corrected chi connectivity index (χ2v) is 7.18. The van der Waals surface area contributed by atoms with Gasteiger partial charge in [-0.1, -0.05) is 31.1 Å². The second kappa shape index (κ2) is 8.76. The third-order valence-corrected chi connectivity index (χ3v) is 4.93. The van der Waals surface area contributed by atoms with Crippen molar-refractivity contribution in [2.45, 2.75) is 30.7 Å². The first-order chi connectivity index (χ1) is 10.8. The topological polar surface area (TPSA) is 107 Å². The first kappa shape index (κ1) is 20.8. The van der Waals surface area contributed by atoms with Crippen LogP contribution in [0.5, 0.6) is 0 Å². The minimum Gasteiger partial charge on any atom is -0.560 e. The van der Waals surface area contributed by atoms with E-state index in [0.717, 1.165) is 12.8 Å². The minimum absolute atomic E-state index is 0. The van der Waals surface area contributed by atoms with Gasteiger partial charge in [0.1, 0.15) is 0 Å². The summed E-state index contributed by atoms with van der Waals surface area (Å²) < 4.78 is 23.5. The van der Waals surface area contributed by atoms with Crippen molar-refractivity contribution in [2.75, 3.05) is 0 Å². The van der Waals surface area contributed by atoms with Crippen molar-refractivity contribution in [3.63, 3.8) is 0 Å². The predicted molar refractivity (Wildman–Crippen MR) is 90.4 cm³/mol. The average molecular weight is 458 g/mol. The zero-order valence-corrected chi connectivity index (χ0v) is 16.1. The van der Waals surface area contributed by atoms with Crippen LogP contribution in [-0.4, -0.2) is 18.1 Å². The number of allylic oxidation sites excluding steroid dienone is 1. The molecule has 1 aliphatic carbocycles. The Morgan fingerprint density at radius 3 is 2.46 bits per heavy atom. The summed E-state index contributed by atoms with van der Waals surface area (Å²) in [6.45, 7) is 1.90. The van der Waals surface area contributed by atoms with Gasteiger partial charge in [0.05, 0.1) is 20.7 Å². The molecule has 1 saturated carbocycles. The van der Waals surface area contributed by atoms with Gasteiger partial charge in [0, 0.05) is 4.47 Å². The zero-order chi connectivity index (χ0) is 17.0. The summed E-state index contributed by atoms with van der Waals surface area (Å²) >= 11 is 3.03. The number of nitrogens with one attached hydrogen (secondary N) is 1. The largest absolute Gasteiger partial charge is 2.00 e. The first-order valence-electron chi connectivity index (χ1n) is 6.83. The molecule has 0 unspecified atom stereocenters. The molecule has 0 saturated heterocycles. The molecule has 7 nitrogen and oxygen atoms in total. The monoisotopic (exact) mass is 457 g/mol. The summed E-state index contributed by atoms with van der Waals surface area (Å²) in [5.41, 5.74) is -0.217. The van der Waals surface area contributed by atoms with E-state index in [1.54, 1.807) is 22.8 Å². The van der Waals surface area contributed by atoms with E-state index in [-0.39, 0.29) is 27.4 Å². The summed E-state index contributed by atoms with van der Waals surface area (Å²) in [6, 6.07) is 6.59. The van der Waals surface area contributed by atoms with Crippen molar-refractivity contribution in [1.29, 1.82) is 0 Å². The van der Waals surface area contributed by atoms with Crippen LogP contribution in [0.3, 0.4) is 0 Å². The van der Waals surface area contributed by atoms with Crippen molar-refractivity contribution in [3.8, 4) is 0 Å². The van der Waals surface area contributed by atoms with Crippen molar-refractivity contribution < 1.29 is 25.2 Å². The zero-order valence-electron chi connectivity index (χ0n) is 12.6. The SMILES string of the molecule is C/C=C/c1n[n-]c(=O)n1C1CC1.[Co+2].[NH-]S(=O)(=O)c1ccccc1Br. The molecule has 1 aliphatic rings. The Morgan fingerprint density at radius 2 is 2.00 bits per heavy atom. The van der Waals surface area contributed by atoms with Crippen LogP contribution in [0.2, 0.25) is 0 Å². The molecule has 131 valence electrons. The maximum Gasteiger partial charge on any atom is 2.00 e. The van der Waals surface area contributed by atoms with Gasteiger partial charge >= 0.3 is 16.8 Å². The molecule has 0 aliphatic heterocycles. The van der Waals surface area contributed by atoms with Gasteiger partial charge in [0.25, 0.3) is 0 Å². The third-order valence-electron chi connectivity index (χ3n) is 3.04. The Labute approximate surface area is 158 Å². The molecule has 1 fully saturated rings. The number of halogens is 1. The van der Waals surface area contributed by atoms with Crippen LogP contribution >= 0.6 is 15.9 Å². The molecule has 0 atom stereocenters. The van der Waals surface area contributed by atoms with Gasteiger partial charge in [0.15, 0.2) is 5.69 Å². The van der Waals surface area contributed by atoms with Crippen molar-refractivity contribution in [2.24, 2.45) is 0 Å². The maximum atomic E-state index is 11.2. The number of hydrogen-bond acceptors (Lipinski definition) is 4. The standard InChI is InChI=1S/C8H11N3O.C6H5BrNO2S.Co/c1-2-3-7-9-10-8(12)11(7)6-4-5-6;7-5-3-1-2-4-6(5)11(8,9)10;/h2-3,6H,4-5H2,1H3,(H,10,12);1-4H,(H-,8,9,10);/q;-1;+2/p-1/b3-2+;;. The van der Waals surface area contributed by atoms with E-state index in [0.29, 0.717) is 16.3 Å². The fraction of sp³-hybridized carbons (Fsp3) is 0.286. The Kier molecular flexibility index (Phi) is 7.61. The van der Waals surface area contributed by atoms with Crippen LogP contribution in [0.15, 0.2) is 44.5 Å². The molecular weight excluding hydrogens is 443 g/mol. The number of hydrogen-bond donors (Lipinski definition) is 0. The van der Waals surface area contributed by atoms with Gasteiger partial charge < -0.3 is 14.8 Å². The molecular formula is C14H15BrCoN4O3S. The van der Waals surface area contributed by atoms with Gasteiger partial charge in [-0.3, -0.25) is 9.89 Å². The number of rotatable bonds is 3. The molecule has 1 radical (unpaired) electrons. The van der Waals surface area contributed by atoms with E-state index in [4.69, 9.17) is 5.14 Å². The van der Waals surface area contributed by atoms with Crippen molar-refractivity contribution >= 4 is 32.0 Å². The Balaban J connectivity index is 0.000000232. The van der Waals surface area contributed by atoms with Gasteiger partial charge in [-0.05, 0) is 47.1 Å². The molecule has 0 amide bonds. The Bertz CT molecular complexity index is 872. The quantitative estimate of drug-likeness (QED) is 0.703. The molecule has 1 heterocycles. The number of nitrogens with zero attached hydrogens (tertiary/aromatic N) is 3. The molecule has 3 rings (SSSR count). The summed E-state index contributed by atoms with van der Waals surface area (Å²) in [5, 5.41) is 14.0. The Hall–Kier alpha value is -1.20. The summed E-state index contributed by atoms with van der Waals surface area (Å²) in [4.78, 5) is 11.2. The molecule has 2 aromatic rings. The average Bonchev–Trinajstić information content (AvgIpc) is 3.24. The van der Waals surface area contributed by atoms with Gasteiger partial charge in [-0.15, -0.1) is 0 Å². The molecule has 1 N–H and O–H groups in total. The van der Waals surface area contributed by atoms with E-state index in [9.17, 15) is 13.2 Å². The fourth-order valence-corrected chi connectivity index (χ4v) is 3.40. The van der Waals surface area contributed by atoms with Crippen LogP contribution in [0, 0.1) is 0 Å². The Morgan fingerprint density at radius 1 is 1.38 bits per heavy atom. The van der Waals surface area contributed by atoms with Crippen LogP contribution in [-0.2, 0) is 26.8 Å². The smallest absolute Gasteiger partial charge is 0.560 e.